The van der Waals surface area contributed by atoms with E-state index >= 15 is 0 Å². The zero-order chi connectivity index (χ0) is 11.3. The van der Waals surface area contributed by atoms with Crippen LogP contribution in [-0.4, -0.2) is 25.7 Å². The normalized spacial score (nSPS) is 13.7. The zero-order valence-corrected chi connectivity index (χ0v) is 10.5. The van der Waals surface area contributed by atoms with Crippen LogP contribution < -0.4 is 0 Å². The number of alkyl halides is 2. The van der Waals surface area contributed by atoms with Crippen LogP contribution in [0.1, 0.15) is 6.42 Å². The van der Waals surface area contributed by atoms with Crippen molar-refractivity contribution in [1.29, 1.82) is 0 Å². The molecular formula is C10H12BrFO2S. The van der Waals surface area contributed by atoms with Crippen LogP contribution in [0, 0.1) is 0 Å². The smallest absolute Gasteiger partial charge is 0.178 e. The number of benzene rings is 1. The van der Waals surface area contributed by atoms with Crippen molar-refractivity contribution < 1.29 is 12.8 Å². The summed E-state index contributed by atoms with van der Waals surface area (Å²) in [5, 5.41) is 0. The molecule has 0 saturated carbocycles. The Bertz CT molecular complexity index is 391. The van der Waals surface area contributed by atoms with Gasteiger partial charge in [0.2, 0.25) is 0 Å². The van der Waals surface area contributed by atoms with Crippen molar-refractivity contribution in [2.45, 2.75) is 16.1 Å². The molecule has 1 aromatic carbocycles. The number of hydrogen-bond acceptors (Lipinski definition) is 2. The van der Waals surface area contributed by atoms with E-state index in [4.69, 9.17) is 0 Å². The van der Waals surface area contributed by atoms with Crippen LogP contribution >= 0.6 is 15.9 Å². The lowest BCUT2D eigenvalue weighted by molar-refractivity contribution is 0.481. The molecule has 0 amide bonds. The minimum absolute atomic E-state index is 0.0309. The SMILES string of the molecule is O=S(=O)(CCC(Br)CF)c1ccccc1. The molecule has 0 aromatic heterocycles. The molecule has 0 radical (unpaired) electrons. The average molecular weight is 295 g/mol. The molecule has 2 nitrogen and oxygen atoms in total. The summed E-state index contributed by atoms with van der Waals surface area (Å²) < 4.78 is 35.5. The number of sulfone groups is 1. The molecule has 1 aromatic rings. The van der Waals surface area contributed by atoms with Crippen molar-refractivity contribution in [3.05, 3.63) is 30.3 Å². The molecule has 15 heavy (non-hydrogen) atoms. The second-order valence-electron chi connectivity index (χ2n) is 3.17. The third kappa shape index (κ3) is 3.91. The van der Waals surface area contributed by atoms with Gasteiger partial charge in [0.15, 0.2) is 9.84 Å². The van der Waals surface area contributed by atoms with E-state index in [1.165, 1.54) is 0 Å². The van der Waals surface area contributed by atoms with Crippen molar-refractivity contribution in [2.75, 3.05) is 12.4 Å². The van der Waals surface area contributed by atoms with Crippen LogP contribution in [0.3, 0.4) is 0 Å². The highest BCUT2D eigenvalue weighted by molar-refractivity contribution is 9.09. The molecule has 0 aliphatic heterocycles. The van der Waals surface area contributed by atoms with Gasteiger partial charge in [-0.1, -0.05) is 34.1 Å². The van der Waals surface area contributed by atoms with Crippen LogP contribution in [-0.2, 0) is 9.84 Å². The van der Waals surface area contributed by atoms with Gasteiger partial charge >= 0.3 is 0 Å². The second-order valence-corrected chi connectivity index (χ2v) is 6.58. The van der Waals surface area contributed by atoms with E-state index in [9.17, 15) is 12.8 Å². The standard InChI is InChI=1S/C10H12BrFO2S/c11-9(8-12)6-7-15(13,14)10-4-2-1-3-5-10/h1-5,9H,6-8H2. The summed E-state index contributed by atoms with van der Waals surface area (Å²) in [6.45, 7) is -0.551. The molecule has 84 valence electrons. The molecule has 5 heteroatoms. The van der Waals surface area contributed by atoms with E-state index in [0.717, 1.165) is 0 Å². The predicted octanol–water partition coefficient (Wildman–Crippen LogP) is 2.58. The fraction of sp³-hybridized carbons (Fsp3) is 0.400. The summed E-state index contributed by atoms with van der Waals surface area (Å²) in [7, 11) is -3.26. The highest BCUT2D eigenvalue weighted by atomic mass is 79.9. The summed E-state index contributed by atoms with van der Waals surface area (Å²) in [6, 6.07) is 8.21. The van der Waals surface area contributed by atoms with Gasteiger partial charge in [-0.05, 0) is 18.6 Å². The summed E-state index contributed by atoms with van der Waals surface area (Å²) >= 11 is 3.06. The van der Waals surface area contributed by atoms with E-state index in [1.54, 1.807) is 30.3 Å². The van der Waals surface area contributed by atoms with E-state index in [1.807, 2.05) is 0 Å². The van der Waals surface area contributed by atoms with Crippen molar-refractivity contribution >= 4 is 25.8 Å². The van der Waals surface area contributed by atoms with Gasteiger partial charge in [-0.2, -0.15) is 0 Å². The topological polar surface area (TPSA) is 34.1 Å². The van der Waals surface area contributed by atoms with Gasteiger partial charge in [0, 0.05) is 4.83 Å². The Hall–Kier alpha value is -0.420. The summed E-state index contributed by atoms with van der Waals surface area (Å²) in [5.74, 6) is -0.0309. The van der Waals surface area contributed by atoms with Crippen LogP contribution in [0.25, 0.3) is 0 Å². The van der Waals surface area contributed by atoms with Crippen LogP contribution in [0.15, 0.2) is 35.2 Å². The first-order valence-corrected chi connectivity index (χ1v) is 7.11. The predicted molar refractivity (Wildman–Crippen MR) is 61.8 cm³/mol. The Balaban J connectivity index is 2.69. The molecule has 0 aliphatic rings. The minimum Gasteiger partial charge on any atom is -0.250 e. The number of rotatable bonds is 5. The van der Waals surface area contributed by atoms with Gasteiger partial charge in [0.05, 0.1) is 10.6 Å². The first kappa shape index (κ1) is 12.6. The Labute approximate surface area is 97.5 Å². The van der Waals surface area contributed by atoms with Gasteiger partial charge in [0.1, 0.15) is 6.67 Å². The highest BCUT2D eigenvalue weighted by Gasteiger charge is 2.15. The van der Waals surface area contributed by atoms with Gasteiger partial charge in [-0.25, -0.2) is 12.8 Å². The third-order valence-corrected chi connectivity index (χ3v) is 4.44. The van der Waals surface area contributed by atoms with E-state index in [-0.39, 0.29) is 17.0 Å². The lowest BCUT2D eigenvalue weighted by Gasteiger charge is -2.06. The lowest BCUT2D eigenvalue weighted by Crippen LogP contribution is -2.12. The molecule has 0 spiro atoms. The Kier molecular flexibility index (Phi) is 4.73. The number of hydrogen-bond donors (Lipinski definition) is 0. The zero-order valence-electron chi connectivity index (χ0n) is 8.07. The van der Waals surface area contributed by atoms with Gasteiger partial charge in [0.25, 0.3) is 0 Å². The summed E-state index contributed by atoms with van der Waals surface area (Å²) in [4.78, 5) is -0.0838. The molecular weight excluding hydrogens is 283 g/mol. The molecule has 1 atom stereocenters. The van der Waals surface area contributed by atoms with Crippen molar-refractivity contribution in [2.24, 2.45) is 0 Å². The monoisotopic (exact) mass is 294 g/mol. The highest BCUT2D eigenvalue weighted by Crippen LogP contribution is 2.14. The molecule has 1 rings (SSSR count). The minimum atomic E-state index is -3.26. The van der Waals surface area contributed by atoms with Crippen molar-refractivity contribution in [3.63, 3.8) is 0 Å². The van der Waals surface area contributed by atoms with Crippen LogP contribution in [0.2, 0.25) is 0 Å². The molecule has 0 N–H and O–H groups in total. The Morgan fingerprint density at radius 2 is 1.87 bits per heavy atom. The van der Waals surface area contributed by atoms with Gasteiger partial charge < -0.3 is 0 Å². The van der Waals surface area contributed by atoms with Crippen LogP contribution in [0.5, 0.6) is 0 Å². The van der Waals surface area contributed by atoms with Crippen molar-refractivity contribution in [1.82, 2.24) is 0 Å². The van der Waals surface area contributed by atoms with Crippen LogP contribution in [0.4, 0.5) is 4.39 Å². The maximum absolute atomic E-state index is 12.1. The largest absolute Gasteiger partial charge is 0.250 e. The Morgan fingerprint density at radius 1 is 1.27 bits per heavy atom. The lowest BCUT2D eigenvalue weighted by atomic mass is 10.4. The fourth-order valence-corrected chi connectivity index (χ4v) is 3.04. The maximum Gasteiger partial charge on any atom is 0.178 e. The van der Waals surface area contributed by atoms with Gasteiger partial charge in [-0.3, -0.25) is 0 Å². The first-order valence-electron chi connectivity index (χ1n) is 4.54. The van der Waals surface area contributed by atoms with E-state index < -0.39 is 16.5 Å². The van der Waals surface area contributed by atoms with E-state index in [2.05, 4.69) is 15.9 Å². The first-order chi connectivity index (χ1) is 7.06. The van der Waals surface area contributed by atoms with E-state index in [0.29, 0.717) is 4.90 Å². The maximum atomic E-state index is 12.1. The molecule has 0 fully saturated rings. The summed E-state index contributed by atoms with van der Waals surface area (Å²) in [6.07, 6.45) is 0.285. The number of halogens is 2. The van der Waals surface area contributed by atoms with Crippen molar-refractivity contribution in [3.8, 4) is 0 Å². The quantitative estimate of drug-likeness (QED) is 0.782. The molecule has 0 aliphatic carbocycles. The molecule has 1 unspecified atom stereocenters. The van der Waals surface area contributed by atoms with Gasteiger partial charge in [-0.15, -0.1) is 0 Å². The molecule has 0 bridgehead atoms. The molecule has 0 heterocycles. The second kappa shape index (κ2) is 5.61. The third-order valence-electron chi connectivity index (χ3n) is 1.97. The fourth-order valence-electron chi connectivity index (χ4n) is 1.11. The average Bonchev–Trinajstić information content (AvgIpc) is 2.27. The molecule has 0 saturated heterocycles. The summed E-state index contributed by atoms with van der Waals surface area (Å²) in [5.41, 5.74) is 0. The Morgan fingerprint density at radius 3 is 2.40 bits per heavy atom.